The van der Waals surface area contributed by atoms with Crippen LogP contribution in [0.1, 0.15) is 37.2 Å². The predicted molar refractivity (Wildman–Crippen MR) is 70.3 cm³/mol. The van der Waals surface area contributed by atoms with Gasteiger partial charge in [0.05, 0.1) is 14.2 Å². The molecule has 3 heteroatoms. The molecule has 0 N–H and O–H groups in total. The summed E-state index contributed by atoms with van der Waals surface area (Å²) in [5, 5.41) is 0. The normalized spacial score (nSPS) is 22.8. The molecule has 0 aromatic heterocycles. The van der Waals surface area contributed by atoms with Crippen LogP contribution < -0.4 is 9.47 Å². The zero-order valence-electron chi connectivity index (χ0n) is 11.0. The van der Waals surface area contributed by atoms with Crippen LogP contribution in [0.2, 0.25) is 0 Å². The van der Waals surface area contributed by atoms with Crippen LogP contribution in [0.5, 0.6) is 11.5 Å². The lowest BCUT2D eigenvalue weighted by Crippen LogP contribution is -2.08. The van der Waals surface area contributed by atoms with E-state index in [9.17, 15) is 4.79 Å². The molecule has 0 unspecified atom stereocenters. The second kappa shape index (κ2) is 5.89. The van der Waals surface area contributed by atoms with Gasteiger partial charge < -0.3 is 14.3 Å². The van der Waals surface area contributed by atoms with Crippen molar-refractivity contribution in [1.82, 2.24) is 0 Å². The first kappa shape index (κ1) is 12.9. The van der Waals surface area contributed by atoms with Crippen molar-refractivity contribution in [3.8, 4) is 11.5 Å². The molecule has 1 aromatic carbocycles. The maximum atomic E-state index is 10.8. The molecule has 3 nitrogen and oxygen atoms in total. The Balaban J connectivity index is 2.32. The lowest BCUT2D eigenvalue weighted by atomic mass is 9.86. The van der Waals surface area contributed by atoms with Gasteiger partial charge in [-0.25, -0.2) is 0 Å². The molecule has 2 atom stereocenters. The first-order chi connectivity index (χ1) is 8.80. The highest BCUT2D eigenvalue weighted by Crippen LogP contribution is 2.45. The highest BCUT2D eigenvalue weighted by atomic mass is 16.5. The van der Waals surface area contributed by atoms with Gasteiger partial charge in [0.15, 0.2) is 0 Å². The molecule has 0 aliphatic heterocycles. The van der Waals surface area contributed by atoms with Gasteiger partial charge in [-0.15, -0.1) is 0 Å². The number of aldehydes is 1. The summed E-state index contributed by atoms with van der Waals surface area (Å²) in [6.45, 7) is 0. The molecule has 0 spiro atoms. The maximum absolute atomic E-state index is 10.8. The van der Waals surface area contributed by atoms with E-state index in [4.69, 9.17) is 9.47 Å². The first-order valence-corrected chi connectivity index (χ1v) is 6.45. The highest BCUT2D eigenvalue weighted by Gasteiger charge is 2.30. The number of methoxy groups -OCH3 is 2. The third-order valence-electron chi connectivity index (χ3n) is 3.89. The molecular weight excluding hydrogens is 228 g/mol. The van der Waals surface area contributed by atoms with Crippen LogP contribution in [-0.4, -0.2) is 20.5 Å². The van der Waals surface area contributed by atoms with Gasteiger partial charge in [0.2, 0.25) is 0 Å². The first-order valence-electron chi connectivity index (χ1n) is 6.45. The van der Waals surface area contributed by atoms with Gasteiger partial charge >= 0.3 is 0 Å². The molecular formula is C15H20O3. The summed E-state index contributed by atoms with van der Waals surface area (Å²) in [5.74, 6) is 2.62. The molecule has 0 bridgehead atoms. The average molecular weight is 248 g/mol. The fourth-order valence-corrected chi connectivity index (χ4v) is 2.98. The van der Waals surface area contributed by atoms with Crippen LogP contribution in [-0.2, 0) is 4.79 Å². The van der Waals surface area contributed by atoms with E-state index in [0.717, 1.165) is 30.6 Å². The Kier molecular flexibility index (Phi) is 4.24. The van der Waals surface area contributed by atoms with Crippen molar-refractivity contribution in [2.45, 2.75) is 31.6 Å². The molecule has 1 saturated carbocycles. The number of hydrogen-bond donors (Lipinski definition) is 0. The molecule has 98 valence electrons. The summed E-state index contributed by atoms with van der Waals surface area (Å²) in [7, 11) is 3.36. The van der Waals surface area contributed by atoms with Gasteiger partial charge in [0.1, 0.15) is 17.8 Å². The van der Waals surface area contributed by atoms with Crippen LogP contribution in [0, 0.1) is 5.92 Å². The van der Waals surface area contributed by atoms with Crippen molar-refractivity contribution < 1.29 is 14.3 Å². The molecule has 1 aromatic rings. The molecule has 1 aliphatic carbocycles. The van der Waals surface area contributed by atoms with E-state index in [1.165, 1.54) is 12.0 Å². The van der Waals surface area contributed by atoms with Crippen molar-refractivity contribution in [2.24, 2.45) is 5.92 Å². The number of carbonyl (C=O) groups is 1. The number of carbonyl (C=O) groups excluding carboxylic acids is 1. The molecule has 0 radical (unpaired) electrons. The zero-order valence-corrected chi connectivity index (χ0v) is 11.0. The number of benzene rings is 1. The van der Waals surface area contributed by atoms with Crippen molar-refractivity contribution in [2.75, 3.05) is 14.2 Å². The van der Waals surface area contributed by atoms with Gasteiger partial charge in [0, 0.05) is 12.0 Å². The van der Waals surface area contributed by atoms with Crippen molar-refractivity contribution in [3.05, 3.63) is 23.8 Å². The Morgan fingerprint density at radius 2 is 2.11 bits per heavy atom. The van der Waals surface area contributed by atoms with Gasteiger partial charge in [-0.05, 0) is 42.9 Å². The number of rotatable bonds is 5. The van der Waals surface area contributed by atoms with E-state index in [1.54, 1.807) is 14.2 Å². The second-order valence-electron chi connectivity index (χ2n) is 4.81. The van der Waals surface area contributed by atoms with Crippen molar-refractivity contribution in [1.29, 1.82) is 0 Å². The Morgan fingerprint density at radius 3 is 2.78 bits per heavy atom. The predicted octanol–water partition coefficient (Wildman–Crippen LogP) is 3.18. The minimum atomic E-state index is 0.417. The summed E-state index contributed by atoms with van der Waals surface area (Å²) in [5.41, 5.74) is 1.18. The van der Waals surface area contributed by atoms with Crippen LogP contribution in [0.25, 0.3) is 0 Å². The summed E-state index contributed by atoms with van der Waals surface area (Å²) >= 11 is 0. The smallest absolute Gasteiger partial charge is 0.122 e. The number of hydrogen-bond acceptors (Lipinski definition) is 3. The molecule has 1 aliphatic rings. The van der Waals surface area contributed by atoms with Crippen LogP contribution >= 0.6 is 0 Å². The third kappa shape index (κ3) is 2.50. The van der Waals surface area contributed by atoms with Gasteiger partial charge in [-0.2, -0.15) is 0 Å². The van der Waals surface area contributed by atoms with Crippen LogP contribution in [0.4, 0.5) is 0 Å². The monoisotopic (exact) mass is 248 g/mol. The lowest BCUT2D eigenvalue weighted by molar-refractivity contribution is -0.108. The second-order valence-corrected chi connectivity index (χ2v) is 4.81. The Morgan fingerprint density at radius 1 is 1.28 bits per heavy atom. The fraction of sp³-hybridized carbons (Fsp3) is 0.533. The minimum Gasteiger partial charge on any atom is -0.497 e. The van der Waals surface area contributed by atoms with Gasteiger partial charge in [-0.3, -0.25) is 0 Å². The van der Waals surface area contributed by atoms with Gasteiger partial charge in [-0.1, -0.05) is 6.42 Å². The molecule has 18 heavy (non-hydrogen) atoms. The summed E-state index contributed by atoms with van der Waals surface area (Å²) in [4.78, 5) is 10.8. The fourth-order valence-electron chi connectivity index (χ4n) is 2.98. The summed E-state index contributed by atoms with van der Waals surface area (Å²) in [6.07, 6.45) is 5.12. The molecule has 1 fully saturated rings. The van der Waals surface area contributed by atoms with Gasteiger partial charge in [0.25, 0.3) is 0 Å². The Labute approximate surface area is 108 Å². The average Bonchev–Trinajstić information content (AvgIpc) is 2.86. The van der Waals surface area contributed by atoms with E-state index in [-0.39, 0.29) is 0 Å². The minimum absolute atomic E-state index is 0.417. The van der Waals surface area contributed by atoms with E-state index in [0.29, 0.717) is 18.3 Å². The van der Waals surface area contributed by atoms with Crippen LogP contribution in [0.3, 0.4) is 0 Å². The molecule has 0 amide bonds. The van der Waals surface area contributed by atoms with E-state index < -0.39 is 0 Å². The van der Waals surface area contributed by atoms with Crippen LogP contribution in [0.15, 0.2) is 18.2 Å². The number of ether oxygens (including phenoxy) is 2. The van der Waals surface area contributed by atoms with Crippen molar-refractivity contribution >= 4 is 6.29 Å². The summed E-state index contributed by atoms with van der Waals surface area (Å²) < 4.78 is 10.7. The Bertz CT molecular complexity index is 414. The quantitative estimate of drug-likeness (QED) is 0.751. The zero-order chi connectivity index (χ0) is 13.0. The lowest BCUT2D eigenvalue weighted by Gasteiger charge is -2.21. The third-order valence-corrected chi connectivity index (χ3v) is 3.89. The topological polar surface area (TPSA) is 35.5 Å². The van der Waals surface area contributed by atoms with Crippen molar-refractivity contribution in [3.63, 3.8) is 0 Å². The standard InChI is InChI=1S/C15H20O3/c1-17-12-6-7-15(18-2)14(10-12)13-5-3-4-11(13)8-9-16/h6-7,9-11,13H,3-5,8H2,1-2H3/t11-,13-/m1/s1. The highest BCUT2D eigenvalue weighted by molar-refractivity contribution is 5.51. The maximum Gasteiger partial charge on any atom is 0.122 e. The summed E-state index contributed by atoms with van der Waals surface area (Å²) in [6, 6.07) is 5.91. The molecule has 2 rings (SSSR count). The van der Waals surface area contributed by atoms with E-state index >= 15 is 0 Å². The largest absolute Gasteiger partial charge is 0.497 e. The SMILES string of the molecule is COc1ccc(OC)c([C@@H]2CCC[C@@H]2CC=O)c1. The molecule has 0 heterocycles. The Hall–Kier alpha value is -1.51. The van der Waals surface area contributed by atoms with E-state index in [1.807, 2.05) is 18.2 Å². The molecule has 0 saturated heterocycles. The van der Waals surface area contributed by atoms with E-state index in [2.05, 4.69) is 0 Å².